The van der Waals surface area contributed by atoms with Crippen LogP contribution >= 0.6 is 0 Å². The summed E-state index contributed by atoms with van der Waals surface area (Å²) in [4.78, 5) is 24.9. The van der Waals surface area contributed by atoms with Crippen LogP contribution in [0.3, 0.4) is 0 Å². The van der Waals surface area contributed by atoms with Crippen molar-refractivity contribution >= 4 is 11.9 Å². The molecular formula is C13H19N3O3. The Labute approximate surface area is 112 Å². The quantitative estimate of drug-likeness (QED) is 0.884. The maximum absolute atomic E-state index is 12.3. The molecule has 0 radical (unpaired) electrons. The van der Waals surface area contributed by atoms with Crippen LogP contribution in [0.15, 0.2) is 6.07 Å². The summed E-state index contributed by atoms with van der Waals surface area (Å²) in [7, 11) is 0. The predicted octanol–water partition coefficient (Wildman–Crippen LogP) is 0.994. The summed E-state index contributed by atoms with van der Waals surface area (Å²) in [6.45, 7) is 6.41. The Balaban J connectivity index is 2.08. The first kappa shape index (κ1) is 13.6. The number of carbonyl (C=O) groups excluding carboxylic acids is 1. The van der Waals surface area contributed by atoms with Crippen LogP contribution in [-0.2, 0) is 9.59 Å². The van der Waals surface area contributed by atoms with Gasteiger partial charge >= 0.3 is 5.97 Å². The number of nitrogens with zero attached hydrogens (tertiary/aromatic N) is 3. The summed E-state index contributed by atoms with van der Waals surface area (Å²) in [5.74, 6) is -1.32. The average molecular weight is 265 g/mol. The van der Waals surface area contributed by atoms with Gasteiger partial charge in [-0.3, -0.25) is 14.3 Å². The number of carboxylic acid groups (broad SMARTS) is 1. The van der Waals surface area contributed by atoms with Gasteiger partial charge in [-0.2, -0.15) is 5.10 Å². The monoisotopic (exact) mass is 265 g/mol. The third-order valence-corrected chi connectivity index (χ3v) is 3.62. The Bertz CT molecular complexity index is 509. The molecule has 1 saturated heterocycles. The number of amides is 1. The first-order chi connectivity index (χ1) is 8.90. The lowest BCUT2D eigenvalue weighted by atomic mass is 10.1. The minimum Gasteiger partial charge on any atom is -0.481 e. The van der Waals surface area contributed by atoms with Gasteiger partial charge in [0, 0.05) is 18.8 Å². The molecule has 6 nitrogen and oxygen atoms in total. The third kappa shape index (κ3) is 2.62. The molecule has 1 aromatic rings. The number of carbonyl (C=O) groups is 2. The van der Waals surface area contributed by atoms with Crippen LogP contribution < -0.4 is 0 Å². The lowest BCUT2D eigenvalue weighted by molar-refractivity contribution is -0.141. The van der Waals surface area contributed by atoms with E-state index in [0.717, 1.165) is 11.4 Å². The number of rotatable bonds is 3. The highest BCUT2D eigenvalue weighted by molar-refractivity contribution is 5.81. The topological polar surface area (TPSA) is 75.4 Å². The van der Waals surface area contributed by atoms with E-state index in [0.29, 0.717) is 19.5 Å². The largest absolute Gasteiger partial charge is 0.481 e. The smallest absolute Gasteiger partial charge is 0.308 e. The van der Waals surface area contributed by atoms with Gasteiger partial charge in [0.1, 0.15) is 6.04 Å². The fraction of sp³-hybridized carbons (Fsp3) is 0.615. The molecule has 2 heterocycles. The van der Waals surface area contributed by atoms with Crippen LogP contribution in [0.1, 0.15) is 30.8 Å². The van der Waals surface area contributed by atoms with E-state index in [9.17, 15) is 9.59 Å². The van der Waals surface area contributed by atoms with E-state index >= 15 is 0 Å². The van der Waals surface area contributed by atoms with Crippen molar-refractivity contribution in [1.29, 1.82) is 0 Å². The Morgan fingerprint density at radius 2 is 2.16 bits per heavy atom. The minimum atomic E-state index is -0.825. The molecule has 104 valence electrons. The molecule has 6 heteroatoms. The highest BCUT2D eigenvalue weighted by Gasteiger charge is 2.33. The first-order valence-corrected chi connectivity index (χ1v) is 6.44. The van der Waals surface area contributed by atoms with Gasteiger partial charge in [0.25, 0.3) is 0 Å². The molecule has 0 saturated carbocycles. The standard InChI is InChI=1S/C13H19N3O3/c1-8-6-9(2)16(14-8)10(3)12(17)15-5-4-11(7-15)13(18)19/h6,10-11H,4-5,7H2,1-3H3,(H,18,19). The Morgan fingerprint density at radius 3 is 2.63 bits per heavy atom. The number of likely N-dealkylation sites (tertiary alicyclic amines) is 1. The molecule has 1 aliphatic rings. The van der Waals surface area contributed by atoms with Gasteiger partial charge in [0.15, 0.2) is 0 Å². The molecule has 1 N–H and O–H groups in total. The molecule has 0 bridgehead atoms. The van der Waals surface area contributed by atoms with Gasteiger partial charge in [0.2, 0.25) is 5.91 Å². The van der Waals surface area contributed by atoms with E-state index in [4.69, 9.17) is 5.11 Å². The van der Waals surface area contributed by atoms with Gasteiger partial charge in [0.05, 0.1) is 11.6 Å². The maximum atomic E-state index is 12.3. The molecule has 1 fully saturated rings. The van der Waals surface area contributed by atoms with Crippen molar-refractivity contribution in [1.82, 2.24) is 14.7 Å². The zero-order valence-electron chi connectivity index (χ0n) is 11.5. The summed E-state index contributed by atoms with van der Waals surface area (Å²) in [5.41, 5.74) is 1.81. The second-order valence-corrected chi connectivity index (χ2v) is 5.16. The van der Waals surface area contributed by atoms with Crippen LogP contribution in [0, 0.1) is 19.8 Å². The normalized spacial score (nSPS) is 20.6. The molecule has 2 unspecified atom stereocenters. The molecule has 19 heavy (non-hydrogen) atoms. The summed E-state index contributed by atoms with van der Waals surface area (Å²) < 4.78 is 1.70. The SMILES string of the molecule is Cc1cc(C)n(C(C)C(=O)N2CCC(C(=O)O)C2)n1. The Morgan fingerprint density at radius 1 is 1.47 bits per heavy atom. The number of hydrogen-bond donors (Lipinski definition) is 1. The second-order valence-electron chi connectivity index (χ2n) is 5.16. The second kappa shape index (κ2) is 5.03. The van der Waals surface area contributed by atoms with Crippen LogP contribution in [0.5, 0.6) is 0 Å². The molecule has 1 aromatic heterocycles. The number of aliphatic carboxylic acids is 1. The fourth-order valence-corrected chi connectivity index (χ4v) is 2.57. The zero-order chi connectivity index (χ0) is 14.2. The van der Waals surface area contributed by atoms with E-state index in [2.05, 4.69) is 5.10 Å². The Hall–Kier alpha value is -1.85. The van der Waals surface area contributed by atoms with E-state index in [-0.39, 0.29) is 11.9 Å². The van der Waals surface area contributed by atoms with Crippen molar-refractivity contribution in [3.05, 3.63) is 17.5 Å². The summed E-state index contributed by atoms with van der Waals surface area (Å²) in [6, 6.07) is 1.54. The summed E-state index contributed by atoms with van der Waals surface area (Å²) in [6.07, 6.45) is 0.533. The van der Waals surface area contributed by atoms with Gasteiger partial charge in [-0.25, -0.2) is 0 Å². The van der Waals surface area contributed by atoms with Gasteiger partial charge in [-0.1, -0.05) is 0 Å². The van der Waals surface area contributed by atoms with E-state index in [1.807, 2.05) is 19.9 Å². The van der Waals surface area contributed by atoms with Crippen LogP contribution in [0.2, 0.25) is 0 Å². The molecule has 2 atom stereocenters. The van der Waals surface area contributed by atoms with Gasteiger partial charge in [-0.05, 0) is 33.3 Å². The fourth-order valence-electron chi connectivity index (χ4n) is 2.57. The van der Waals surface area contributed by atoms with Crippen molar-refractivity contribution in [2.75, 3.05) is 13.1 Å². The van der Waals surface area contributed by atoms with Crippen molar-refractivity contribution < 1.29 is 14.7 Å². The zero-order valence-corrected chi connectivity index (χ0v) is 11.5. The summed E-state index contributed by atoms with van der Waals surface area (Å²) >= 11 is 0. The molecule has 0 spiro atoms. The van der Waals surface area contributed by atoms with Crippen LogP contribution in [-0.4, -0.2) is 44.8 Å². The van der Waals surface area contributed by atoms with Gasteiger partial charge < -0.3 is 10.0 Å². The number of hydrogen-bond acceptors (Lipinski definition) is 3. The van der Waals surface area contributed by atoms with Crippen molar-refractivity contribution in [2.45, 2.75) is 33.2 Å². The van der Waals surface area contributed by atoms with Crippen LogP contribution in [0.25, 0.3) is 0 Å². The molecule has 1 aliphatic heterocycles. The lowest BCUT2D eigenvalue weighted by Gasteiger charge is -2.21. The van der Waals surface area contributed by atoms with Gasteiger partial charge in [-0.15, -0.1) is 0 Å². The van der Waals surface area contributed by atoms with E-state index in [1.165, 1.54) is 0 Å². The molecule has 0 aliphatic carbocycles. The first-order valence-electron chi connectivity index (χ1n) is 6.44. The number of aryl methyl sites for hydroxylation is 2. The van der Waals surface area contributed by atoms with E-state index in [1.54, 1.807) is 16.5 Å². The van der Waals surface area contributed by atoms with Crippen molar-refractivity contribution in [3.8, 4) is 0 Å². The van der Waals surface area contributed by atoms with Crippen molar-refractivity contribution in [2.24, 2.45) is 5.92 Å². The average Bonchev–Trinajstić information content (AvgIpc) is 2.94. The lowest BCUT2D eigenvalue weighted by Crippen LogP contribution is -2.36. The van der Waals surface area contributed by atoms with Crippen LogP contribution in [0.4, 0.5) is 0 Å². The maximum Gasteiger partial charge on any atom is 0.308 e. The summed E-state index contributed by atoms with van der Waals surface area (Å²) in [5, 5.41) is 13.3. The molecule has 1 amide bonds. The van der Waals surface area contributed by atoms with E-state index < -0.39 is 11.9 Å². The Kier molecular flexibility index (Phi) is 3.59. The number of carboxylic acids is 1. The minimum absolute atomic E-state index is 0.0602. The highest BCUT2D eigenvalue weighted by atomic mass is 16.4. The number of aromatic nitrogens is 2. The van der Waals surface area contributed by atoms with Crippen molar-refractivity contribution in [3.63, 3.8) is 0 Å². The molecule has 2 rings (SSSR count). The predicted molar refractivity (Wildman–Crippen MR) is 68.7 cm³/mol. The molecule has 0 aromatic carbocycles. The highest BCUT2D eigenvalue weighted by Crippen LogP contribution is 2.21. The third-order valence-electron chi connectivity index (χ3n) is 3.62. The molecular weight excluding hydrogens is 246 g/mol.